The molecule has 182 valence electrons. The molecule has 2 unspecified atom stereocenters. The first-order valence-corrected chi connectivity index (χ1v) is 10.9. The van der Waals surface area contributed by atoms with Crippen LogP contribution in [0.15, 0.2) is 24.4 Å². The van der Waals surface area contributed by atoms with E-state index in [0.717, 1.165) is 35.1 Å². The Balaban J connectivity index is 1.35. The van der Waals surface area contributed by atoms with Crippen LogP contribution in [-0.2, 0) is 11.0 Å². The first-order valence-electron chi connectivity index (χ1n) is 10.9. The molecule has 1 saturated carbocycles. The summed E-state index contributed by atoms with van der Waals surface area (Å²) in [6.45, 7) is 0.374. The minimum absolute atomic E-state index is 0.00660. The van der Waals surface area contributed by atoms with Crippen molar-refractivity contribution < 1.29 is 31.1 Å². The Morgan fingerprint density at radius 2 is 1.76 bits per heavy atom. The predicted octanol–water partition coefficient (Wildman–Crippen LogP) is 5.04. The van der Waals surface area contributed by atoms with Crippen molar-refractivity contribution in [2.75, 3.05) is 30.3 Å². The van der Waals surface area contributed by atoms with E-state index < -0.39 is 23.8 Å². The number of piperidine rings is 1. The van der Waals surface area contributed by atoms with E-state index in [9.17, 15) is 31.1 Å². The fourth-order valence-electron chi connectivity index (χ4n) is 4.75. The number of rotatable bonds is 5. The van der Waals surface area contributed by atoms with Gasteiger partial charge in [0.05, 0.1) is 0 Å². The van der Waals surface area contributed by atoms with Gasteiger partial charge >= 0.3 is 18.3 Å². The summed E-state index contributed by atoms with van der Waals surface area (Å²) in [5.74, 6) is -2.25. The van der Waals surface area contributed by atoms with Crippen molar-refractivity contribution in [3.05, 3.63) is 41.1 Å². The largest absolute Gasteiger partial charge is 0.471 e. The quantitative estimate of drug-likeness (QED) is 0.581. The Morgan fingerprint density at radius 1 is 1.06 bits per heavy atom. The molecule has 12 heteroatoms. The second kappa shape index (κ2) is 8.02. The van der Waals surface area contributed by atoms with Gasteiger partial charge in [0.15, 0.2) is 0 Å². The van der Waals surface area contributed by atoms with Crippen LogP contribution < -0.4 is 10.6 Å². The van der Waals surface area contributed by atoms with E-state index in [-0.39, 0.29) is 36.7 Å². The van der Waals surface area contributed by atoms with Gasteiger partial charge in [0.25, 0.3) is 0 Å². The van der Waals surface area contributed by atoms with Crippen molar-refractivity contribution in [3.63, 3.8) is 0 Å². The molecular formula is C22H21F6N5O. The number of benzene rings is 1. The molecular weight excluding hydrogens is 464 g/mol. The molecule has 1 saturated heterocycles. The second-order valence-electron chi connectivity index (χ2n) is 9.08. The topological polar surface area (TPSA) is 70.2 Å². The Hall–Kier alpha value is -3.05. The lowest BCUT2D eigenvalue weighted by molar-refractivity contribution is -0.186. The number of hydrogen-bond acceptors (Lipinski definition) is 5. The monoisotopic (exact) mass is 485 g/mol. The van der Waals surface area contributed by atoms with Gasteiger partial charge in [-0.05, 0) is 48.4 Å². The molecule has 2 aliphatic carbocycles. The molecule has 2 bridgehead atoms. The van der Waals surface area contributed by atoms with E-state index in [1.54, 1.807) is 18.2 Å². The molecule has 0 radical (unpaired) electrons. The lowest BCUT2D eigenvalue weighted by atomic mass is 9.95. The zero-order chi connectivity index (χ0) is 24.3. The van der Waals surface area contributed by atoms with Crippen LogP contribution >= 0.6 is 0 Å². The van der Waals surface area contributed by atoms with Crippen LogP contribution in [0.5, 0.6) is 0 Å². The molecule has 5 rings (SSSR count). The minimum atomic E-state index is -4.92. The molecule has 1 aromatic carbocycles. The highest BCUT2D eigenvalue weighted by molar-refractivity contribution is 5.82. The number of likely N-dealkylation sites (tertiary alicyclic amines) is 1. The van der Waals surface area contributed by atoms with Crippen molar-refractivity contribution in [3.8, 4) is 0 Å². The summed E-state index contributed by atoms with van der Waals surface area (Å²) in [5, 5.41) is 5.67. The maximum atomic E-state index is 13.3. The van der Waals surface area contributed by atoms with E-state index in [2.05, 4.69) is 20.6 Å². The first kappa shape index (κ1) is 22.7. The first-order chi connectivity index (χ1) is 16.0. The smallest absolute Gasteiger partial charge is 0.369 e. The Kier molecular flexibility index (Phi) is 5.36. The molecule has 34 heavy (non-hydrogen) atoms. The van der Waals surface area contributed by atoms with E-state index in [1.165, 1.54) is 0 Å². The highest BCUT2D eigenvalue weighted by Crippen LogP contribution is 2.47. The van der Waals surface area contributed by atoms with Gasteiger partial charge in [-0.15, -0.1) is 0 Å². The molecule has 3 aliphatic rings. The van der Waals surface area contributed by atoms with Crippen molar-refractivity contribution in [1.29, 1.82) is 0 Å². The zero-order valence-corrected chi connectivity index (χ0v) is 17.8. The summed E-state index contributed by atoms with van der Waals surface area (Å²) in [5.41, 5.74) is 1.27. The molecule has 2 heterocycles. The van der Waals surface area contributed by atoms with Crippen LogP contribution in [0.3, 0.4) is 0 Å². The maximum absolute atomic E-state index is 13.3. The highest BCUT2D eigenvalue weighted by atomic mass is 19.4. The summed E-state index contributed by atoms with van der Waals surface area (Å²) in [6, 6.07) is 5.22. The Labute approximate surface area is 190 Å². The van der Waals surface area contributed by atoms with Crippen molar-refractivity contribution in [2.45, 2.75) is 43.5 Å². The summed E-state index contributed by atoms with van der Waals surface area (Å²) in [7, 11) is 0. The normalized spacial score (nSPS) is 21.9. The molecule has 1 aliphatic heterocycles. The van der Waals surface area contributed by atoms with Gasteiger partial charge in [-0.3, -0.25) is 4.79 Å². The fraction of sp³-hybridized carbons (Fsp3) is 0.500. The summed E-state index contributed by atoms with van der Waals surface area (Å²) >= 11 is 0. The Morgan fingerprint density at radius 3 is 2.41 bits per heavy atom. The van der Waals surface area contributed by atoms with E-state index in [0.29, 0.717) is 24.6 Å². The van der Waals surface area contributed by atoms with Crippen LogP contribution in [0.2, 0.25) is 0 Å². The number of aromatic nitrogens is 2. The maximum Gasteiger partial charge on any atom is 0.471 e. The van der Waals surface area contributed by atoms with Crippen molar-refractivity contribution in [1.82, 2.24) is 14.9 Å². The van der Waals surface area contributed by atoms with Gasteiger partial charge in [0.1, 0.15) is 11.4 Å². The third kappa shape index (κ3) is 4.49. The van der Waals surface area contributed by atoms with E-state index in [4.69, 9.17) is 0 Å². The standard InChI is InChI=1S/C22H21F6N5O/c23-21(24,25)17-8-30-20(32-18(17)29-7-11-1-2-11)31-14-3-4-15-12-5-13(16(15)6-14)10-33(9-12)19(34)22(26,27)28/h3-4,6,8,11-13H,1-2,5,7,9-10H2,(H2,29,30,31,32). The van der Waals surface area contributed by atoms with Gasteiger partial charge in [-0.1, -0.05) is 6.07 Å². The third-order valence-electron chi connectivity index (χ3n) is 6.55. The lowest BCUT2D eigenvalue weighted by Crippen LogP contribution is -2.46. The van der Waals surface area contributed by atoms with E-state index >= 15 is 0 Å². The van der Waals surface area contributed by atoms with Gasteiger partial charge in [0, 0.05) is 43.4 Å². The molecule has 0 spiro atoms. The average Bonchev–Trinajstić information content (AvgIpc) is 3.56. The molecule has 1 aromatic heterocycles. The molecule has 2 fully saturated rings. The fourth-order valence-corrected chi connectivity index (χ4v) is 4.75. The Bertz CT molecular complexity index is 1110. The number of anilines is 3. The van der Waals surface area contributed by atoms with Crippen molar-refractivity contribution in [2.24, 2.45) is 5.92 Å². The number of halogens is 6. The SMILES string of the molecule is O=C(N1CC2CC(C1)c1cc(Nc3ncc(C(F)(F)F)c(NCC4CC4)n3)ccc12)C(F)(F)F. The molecule has 1 amide bonds. The van der Waals surface area contributed by atoms with Crippen LogP contribution in [0.4, 0.5) is 43.8 Å². The molecule has 2 N–H and O–H groups in total. The van der Waals surface area contributed by atoms with Crippen LogP contribution in [0, 0.1) is 5.92 Å². The zero-order valence-electron chi connectivity index (χ0n) is 17.8. The average molecular weight is 485 g/mol. The van der Waals surface area contributed by atoms with E-state index in [1.807, 2.05) is 0 Å². The number of carbonyl (C=O) groups excluding carboxylic acids is 1. The number of carbonyl (C=O) groups is 1. The van der Waals surface area contributed by atoms with Gasteiger partial charge < -0.3 is 15.5 Å². The van der Waals surface area contributed by atoms with Gasteiger partial charge in [-0.2, -0.15) is 31.3 Å². The number of nitrogens with one attached hydrogen (secondary N) is 2. The number of nitrogens with zero attached hydrogens (tertiary/aromatic N) is 3. The number of fused-ring (bicyclic) bond motifs is 5. The number of amides is 1. The van der Waals surface area contributed by atoms with Crippen LogP contribution in [0.1, 0.15) is 47.8 Å². The molecule has 6 nitrogen and oxygen atoms in total. The van der Waals surface area contributed by atoms with Crippen molar-refractivity contribution >= 4 is 23.4 Å². The summed E-state index contributed by atoms with van der Waals surface area (Å²) < 4.78 is 78.7. The third-order valence-corrected chi connectivity index (χ3v) is 6.55. The highest BCUT2D eigenvalue weighted by Gasteiger charge is 2.47. The molecule has 2 aromatic rings. The second-order valence-corrected chi connectivity index (χ2v) is 9.08. The minimum Gasteiger partial charge on any atom is -0.369 e. The molecule has 2 atom stereocenters. The lowest BCUT2D eigenvalue weighted by Gasteiger charge is -2.32. The van der Waals surface area contributed by atoms with Crippen LogP contribution in [-0.4, -0.2) is 46.6 Å². The number of alkyl halides is 6. The summed E-state index contributed by atoms with van der Waals surface area (Å²) in [6.07, 6.45) is -6.21. The summed E-state index contributed by atoms with van der Waals surface area (Å²) in [4.78, 5) is 20.4. The van der Waals surface area contributed by atoms with Gasteiger partial charge in [0.2, 0.25) is 5.95 Å². The van der Waals surface area contributed by atoms with Crippen LogP contribution in [0.25, 0.3) is 0 Å². The predicted molar refractivity (Wildman–Crippen MR) is 111 cm³/mol. The number of hydrogen-bond donors (Lipinski definition) is 2. The van der Waals surface area contributed by atoms with Gasteiger partial charge in [-0.25, -0.2) is 4.98 Å².